The van der Waals surface area contributed by atoms with Crippen LogP contribution in [0.4, 0.5) is 0 Å². The Morgan fingerprint density at radius 1 is 1.45 bits per heavy atom. The zero-order chi connectivity index (χ0) is 15.4. The highest BCUT2D eigenvalue weighted by Crippen LogP contribution is 2.34. The molecule has 2 aliphatic rings. The molecular formula is C16H26N4OS. The summed E-state index contributed by atoms with van der Waals surface area (Å²) in [5.41, 5.74) is 0. The molecule has 5 nitrogen and oxygen atoms in total. The van der Waals surface area contributed by atoms with E-state index >= 15 is 0 Å². The van der Waals surface area contributed by atoms with Crippen molar-refractivity contribution in [3.05, 3.63) is 16.1 Å². The van der Waals surface area contributed by atoms with Gasteiger partial charge in [0, 0.05) is 30.6 Å². The van der Waals surface area contributed by atoms with E-state index in [0.717, 1.165) is 38.3 Å². The Labute approximate surface area is 136 Å². The van der Waals surface area contributed by atoms with Crippen LogP contribution in [0.2, 0.25) is 0 Å². The first-order valence-electron chi connectivity index (χ1n) is 8.42. The van der Waals surface area contributed by atoms with Gasteiger partial charge in [-0.25, -0.2) is 4.98 Å². The number of guanidine groups is 1. The van der Waals surface area contributed by atoms with Gasteiger partial charge in [-0.1, -0.05) is 6.92 Å². The molecule has 0 spiro atoms. The highest BCUT2D eigenvalue weighted by molar-refractivity contribution is 7.11. The standard InChI is InChI=1S/C16H26N4OS/c1-3-12-10-19-15(22-12)7-8-18-16(17-4-2)20-13-9-11-5-6-14(13)21-11/h10-11,13-14H,3-9H2,1-2H3,(H2,17,18,20). The topological polar surface area (TPSA) is 58.5 Å². The van der Waals surface area contributed by atoms with Crippen molar-refractivity contribution < 1.29 is 4.74 Å². The van der Waals surface area contributed by atoms with Gasteiger partial charge in [0.15, 0.2) is 5.96 Å². The molecule has 2 fully saturated rings. The molecule has 6 heteroatoms. The van der Waals surface area contributed by atoms with Crippen LogP contribution in [0.3, 0.4) is 0 Å². The first-order valence-corrected chi connectivity index (χ1v) is 9.24. The summed E-state index contributed by atoms with van der Waals surface area (Å²) in [5.74, 6) is 0.913. The average molecular weight is 322 g/mol. The molecule has 1 aromatic rings. The second-order valence-electron chi connectivity index (χ2n) is 5.94. The molecule has 0 saturated carbocycles. The van der Waals surface area contributed by atoms with Crippen LogP contribution in [0.1, 0.15) is 43.0 Å². The minimum absolute atomic E-state index is 0.375. The highest BCUT2D eigenvalue weighted by Gasteiger charge is 2.41. The van der Waals surface area contributed by atoms with Crippen LogP contribution in [-0.2, 0) is 17.6 Å². The number of fused-ring (bicyclic) bond motifs is 2. The summed E-state index contributed by atoms with van der Waals surface area (Å²) in [4.78, 5) is 10.5. The van der Waals surface area contributed by atoms with Crippen molar-refractivity contribution in [3.8, 4) is 0 Å². The van der Waals surface area contributed by atoms with Crippen molar-refractivity contribution in [3.63, 3.8) is 0 Å². The number of thiazole rings is 1. The molecule has 2 bridgehead atoms. The maximum absolute atomic E-state index is 5.90. The van der Waals surface area contributed by atoms with Gasteiger partial charge in [-0.05, 0) is 32.6 Å². The Morgan fingerprint density at radius 2 is 2.36 bits per heavy atom. The first kappa shape index (κ1) is 15.7. The number of aromatic nitrogens is 1. The maximum Gasteiger partial charge on any atom is 0.191 e. The maximum atomic E-state index is 5.90. The van der Waals surface area contributed by atoms with Gasteiger partial charge in [0.05, 0.1) is 23.3 Å². The van der Waals surface area contributed by atoms with E-state index in [2.05, 4.69) is 29.5 Å². The van der Waals surface area contributed by atoms with E-state index in [-0.39, 0.29) is 0 Å². The monoisotopic (exact) mass is 322 g/mol. The largest absolute Gasteiger partial charge is 0.373 e. The summed E-state index contributed by atoms with van der Waals surface area (Å²) in [5, 5.41) is 8.07. The Hall–Kier alpha value is -1.14. The zero-order valence-electron chi connectivity index (χ0n) is 13.5. The van der Waals surface area contributed by atoms with Gasteiger partial charge in [0.25, 0.3) is 0 Å². The normalized spacial score (nSPS) is 27.4. The lowest BCUT2D eigenvalue weighted by atomic mass is 9.96. The molecule has 2 saturated heterocycles. The summed E-state index contributed by atoms with van der Waals surface area (Å²) in [6.45, 7) is 5.92. The van der Waals surface area contributed by atoms with E-state index in [0.29, 0.717) is 18.2 Å². The zero-order valence-corrected chi connectivity index (χ0v) is 14.3. The molecule has 22 heavy (non-hydrogen) atoms. The number of ether oxygens (including phenoxy) is 1. The van der Waals surface area contributed by atoms with Gasteiger partial charge >= 0.3 is 0 Å². The molecule has 0 aromatic carbocycles. The second-order valence-corrected chi connectivity index (χ2v) is 7.14. The van der Waals surface area contributed by atoms with Crippen LogP contribution in [0.25, 0.3) is 0 Å². The molecule has 0 radical (unpaired) electrons. The highest BCUT2D eigenvalue weighted by atomic mass is 32.1. The fraction of sp³-hybridized carbons (Fsp3) is 0.750. The van der Waals surface area contributed by atoms with Crippen molar-refractivity contribution in [1.82, 2.24) is 15.6 Å². The summed E-state index contributed by atoms with van der Waals surface area (Å²) < 4.78 is 5.90. The van der Waals surface area contributed by atoms with Crippen molar-refractivity contribution >= 4 is 17.3 Å². The number of hydrogen-bond donors (Lipinski definition) is 2. The molecule has 3 atom stereocenters. The molecule has 3 rings (SSSR count). The summed E-state index contributed by atoms with van der Waals surface area (Å²) in [7, 11) is 0. The predicted molar refractivity (Wildman–Crippen MR) is 90.6 cm³/mol. The lowest BCUT2D eigenvalue weighted by Gasteiger charge is -2.22. The van der Waals surface area contributed by atoms with Crippen molar-refractivity contribution in [2.24, 2.45) is 4.99 Å². The summed E-state index contributed by atoms with van der Waals surface area (Å²) in [6, 6.07) is 0.420. The van der Waals surface area contributed by atoms with Crippen LogP contribution in [0.15, 0.2) is 11.2 Å². The molecule has 3 heterocycles. The van der Waals surface area contributed by atoms with Gasteiger partial charge in [-0.15, -0.1) is 11.3 Å². The minimum Gasteiger partial charge on any atom is -0.373 e. The van der Waals surface area contributed by atoms with E-state index in [4.69, 9.17) is 9.73 Å². The summed E-state index contributed by atoms with van der Waals surface area (Å²) >= 11 is 1.80. The molecule has 122 valence electrons. The number of rotatable bonds is 6. The molecule has 3 unspecified atom stereocenters. The third-order valence-corrected chi connectivity index (χ3v) is 5.52. The fourth-order valence-electron chi connectivity index (χ4n) is 3.18. The molecule has 1 aromatic heterocycles. The van der Waals surface area contributed by atoms with Gasteiger partial charge < -0.3 is 15.4 Å². The molecule has 2 N–H and O–H groups in total. The Morgan fingerprint density at radius 3 is 3.00 bits per heavy atom. The van der Waals surface area contributed by atoms with E-state index in [1.165, 1.54) is 22.7 Å². The number of aryl methyl sites for hydroxylation is 1. The lowest BCUT2D eigenvalue weighted by molar-refractivity contribution is 0.0992. The van der Waals surface area contributed by atoms with Crippen LogP contribution < -0.4 is 10.6 Å². The molecule has 2 aliphatic heterocycles. The third kappa shape index (κ3) is 3.79. The van der Waals surface area contributed by atoms with E-state index in [1.807, 2.05) is 6.20 Å². The van der Waals surface area contributed by atoms with Crippen LogP contribution in [0.5, 0.6) is 0 Å². The number of hydrogen-bond acceptors (Lipinski definition) is 4. The van der Waals surface area contributed by atoms with Crippen LogP contribution in [0, 0.1) is 0 Å². The lowest BCUT2D eigenvalue weighted by Crippen LogP contribution is -2.47. The minimum atomic E-state index is 0.375. The number of aliphatic imine (C=N–C) groups is 1. The third-order valence-electron chi connectivity index (χ3n) is 4.32. The predicted octanol–water partition coefficient (Wildman–Crippen LogP) is 2.12. The quantitative estimate of drug-likeness (QED) is 0.622. The van der Waals surface area contributed by atoms with Crippen molar-refractivity contribution in [2.45, 2.75) is 64.2 Å². The van der Waals surface area contributed by atoms with Crippen LogP contribution in [-0.4, -0.2) is 42.3 Å². The average Bonchev–Trinajstić information content (AvgIpc) is 3.23. The molecule has 0 amide bonds. The van der Waals surface area contributed by atoms with Gasteiger partial charge in [0.1, 0.15) is 0 Å². The van der Waals surface area contributed by atoms with Gasteiger partial charge in [0.2, 0.25) is 0 Å². The second kappa shape index (κ2) is 7.42. The smallest absolute Gasteiger partial charge is 0.191 e. The number of nitrogens with one attached hydrogen (secondary N) is 2. The fourth-order valence-corrected chi connectivity index (χ4v) is 4.03. The van der Waals surface area contributed by atoms with Crippen molar-refractivity contribution in [1.29, 1.82) is 0 Å². The SMILES string of the molecule is CCNC(=NCCc1ncc(CC)s1)NC1CC2CCC1O2. The van der Waals surface area contributed by atoms with Crippen molar-refractivity contribution in [2.75, 3.05) is 13.1 Å². The first-order chi connectivity index (χ1) is 10.8. The Kier molecular flexibility index (Phi) is 5.31. The van der Waals surface area contributed by atoms with Gasteiger partial charge in [-0.2, -0.15) is 0 Å². The van der Waals surface area contributed by atoms with Crippen LogP contribution >= 0.6 is 11.3 Å². The molecular weight excluding hydrogens is 296 g/mol. The molecule has 0 aliphatic carbocycles. The van der Waals surface area contributed by atoms with E-state index in [9.17, 15) is 0 Å². The summed E-state index contributed by atoms with van der Waals surface area (Å²) in [6.07, 6.45) is 8.32. The Bertz CT molecular complexity index is 516. The van der Waals surface area contributed by atoms with E-state index in [1.54, 1.807) is 11.3 Å². The van der Waals surface area contributed by atoms with Gasteiger partial charge in [-0.3, -0.25) is 4.99 Å². The number of nitrogens with zero attached hydrogens (tertiary/aromatic N) is 2. The Balaban J connectivity index is 1.51. The van der Waals surface area contributed by atoms with E-state index < -0.39 is 0 Å².